The van der Waals surface area contributed by atoms with Crippen molar-refractivity contribution in [1.29, 1.82) is 0 Å². The van der Waals surface area contributed by atoms with E-state index in [-0.39, 0.29) is 17.0 Å². The Bertz CT molecular complexity index is 739. The molecule has 0 aromatic heterocycles. The molecule has 0 amide bonds. The molecule has 1 heterocycles. The highest BCUT2D eigenvalue weighted by Gasteiger charge is 2.42. The standard InChI is InChI=1S/C17H24BNO5S/c1-12-17(2,3)24-18(23-12)13-4-10-16(11-5-13)25(21,22)19-14-6-8-15(20)9-7-14/h4-5,10-11,14-15,19-20H,1,6-9H2,2-3H3. The molecular weight excluding hydrogens is 341 g/mol. The summed E-state index contributed by atoms with van der Waals surface area (Å²) in [6, 6.07) is 6.36. The first-order chi connectivity index (χ1) is 11.7. The van der Waals surface area contributed by atoms with Gasteiger partial charge in [-0.25, -0.2) is 13.1 Å². The van der Waals surface area contributed by atoms with E-state index < -0.39 is 22.7 Å². The molecule has 1 aliphatic carbocycles. The lowest BCUT2D eigenvalue weighted by Gasteiger charge is -2.26. The molecule has 136 valence electrons. The van der Waals surface area contributed by atoms with Crippen LogP contribution in [0.1, 0.15) is 39.5 Å². The fourth-order valence-electron chi connectivity index (χ4n) is 3.05. The predicted molar refractivity (Wildman–Crippen MR) is 95.8 cm³/mol. The maximum atomic E-state index is 12.5. The summed E-state index contributed by atoms with van der Waals surface area (Å²) in [7, 11) is -4.16. The van der Waals surface area contributed by atoms with Crippen molar-refractivity contribution in [2.24, 2.45) is 0 Å². The highest BCUT2D eigenvalue weighted by Crippen LogP contribution is 2.29. The zero-order valence-corrected chi connectivity index (χ0v) is 15.4. The normalized spacial score (nSPS) is 26.5. The predicted octanol–water partition coefficient (Wildman–Crippen LogP) is 1.30. The fourth-order valence-corrected chi connectivity index (χ4v) is 4.35. The Kier molecular flexibility index (Phi) is 4.98. The molecule has 1 aromatic rings. The second kappa shape index (κ2) is 6.76. The summed E-state index contributed by atoms with van der Waals surface area (Å²) in [4.78, 5) is 0.207. The molecule has 2 aliphatic rings. The van der Waals surface area contributed by atoms with Gasteiger partial charge in [0.15, 0.2) is 0 Å². The average molecular weight is 365 g/mol. The van der Waals surface area contributed by atoms with E-state index in [1.54, 1.807) is 24.3 Å². The van der Waals surface area contributed by atoms with E-state index in [4.69, 9.17) is 9.31 Å². The first-order valence-corrected chi connectivity index (χ1v) is 10.00. The summed E-state index contributed by atoms with van der Waals surface area (Å²) < 4.78 is 39.2. The van der Waals surface area contributed by atoms with Crippen molar-refractivity contribution in [1.82, 2.24) is 4.72 Å². The van der Waals surface area contributed by atoms with Gasteiger partial charge in [-0.1, -0.05) is 18.7 Å². The Morgan fingerprint density at radius 2 is 1.80 bits per heavy atom. The number of aliphatic hydroxyl groups is 1. The quantitative estimate of drug-likeness (QED) is 0.786. The lowest BCUT2D eigenvalue weighted by molar-refractivity contribution is 0.120. The number of benzene rings is 1. The highest BCUT2D eigenvalue weighted by atomic mass is 32.2. The number of sulfonamides is 1. The Morgan fingerprint density at radius 3 is 2.32 bits per heavy atom. The minimum Gasteiger partial charge on any atom is -0.534 e. The third kappa shape index (κ3) is 4.08. The van der Waals surface area contributed by atoms with Crippen LogP contribution in [0.15, 0.2) is 41.5 Å². The molecule has 2 fully saturated rings. The van der Waals surface area contributed by atoms with Crippen LogP contribution < -0.4 is 10.2 Å². The zero-order valence-electron chi connectivity index (χ0n) is 14.6. The minimum atomic E-state index is -3.58. The van der Waals surface area contributed by atoms with Gasteiger partial charge in [0.25, 0.3) is 0 Å². The molecule has 8 heteroatoms. The van der Waals surface area contributed by atoms with Gasteiger partial charge < -0.3 is 14.4 Å². The molecule has 0 unspecified atom stereocenters. The second-order valence-electron chi connectivity index (χ2n) is 7.20. The molecule has 0 atom stereocenters. The van der Waals surface area contributed by atoms with Gasteiger partial charge in [0.05, 0.1) is 16.8 Å². The van der Waals surface area contributed by atoms with Crippen LogP contribution in [0.3, 0.4) is 0 Å². The summed E-state index contributed by atoms with van der Waals surface area (Å²) in [6.45, 7) is 7.59. The largest absolute Gasteiger partial charge is 0.563 e. The Balaban J connectivity index is 1.68. The van der Waals surface area contributed by atoms with E-state index in [1.807, 2.05) is 13.8 Å². The number of aliphatic hydroxyl groups excluding tert-OH is 1. The lowest BCUT2D eigenvalue weighted by Crippen LogP contribution is -2.39. The second-order valence-corrected chi connectivity index (χ2v) is 8.91. The van der Waals surface area contributed by atoms with Crippen molar-refractivity contribution in [3.63, 3.8) is 0 Å². The van der Waals surface area contributed by atoms with Crippen LogP contribution >= 0.6 is 0 Å². The van der Waals surface area contributed by atoms with E-state index in [2.05, 4.69) is 11.3 Å². The minimum absolute atomic E-state index is 0.126. The monoisotopic (exact) mass is 365 g/mol. The molecule has 1 aliphatic heterocycles. The maximum Gasteiger partial charge on any atom is 0.563 e. The lowest BCUT2D eigenvalue weighted by atomic mass is 9.79. The molecule has 3 rings (SSSR count). The summed E-state index contributed by atoms with van der Waals surface area (Å²) in [6.07, 6.45) is 2.24. The van der Waals surface area contributed by atoms with Crippen LogP contribution in [0.4, 0.5) is 0 Å². The van der Waals surface area contributed by atoms with Gasteiger partial charge in [0, 0.05) is 6.04 Å². The highest BCUT2D eigenvalue weighted by molar-refractivity contribution is 7.89. The maximum absolute atomic E-state index is 12.5. The van der Waals surface area contributed by atoms with Gasteiger partial charge in [-0.2, -0.15) is 0 Å². The van der Waals surface area contributed by atoms with Crippen molar-refractivity contribution in [3.05, 3.63) is 36.6 Å². The van der Waals surface area contributed by atoms with Gasteiger partial charge >= 0.3 is 7.12 Å². The van der Waals surface area contributed by atoms with Gasteiger partial charge in [-0.3, -0.25) is 0 Å². The first kappa shape index (κ1) is 18.4. The number of nitrogens with one attached hydrogen (secondary N) is 1. The third-order valence-electron chi connectivity index (χ3n) is 4.80. The van der Waals surface area contributed by atoms with Crippen molar-refractivity contribution in [3.8, 4) is 0 Å². The summed E-state index contributed by atoms with van der Waals surface area (Å²) in [5.74, 6) is 0.551. The average Bonchev–Trinajstić information content (AvgIpc) is 2.83. The molecule has 2 N–H and O–H groups in total. The van der Waals surface area contributed by atoms with Crippen LogP contribution in [0.5, 0.6) is 0 Å². The number of hydrogen-bond donors (Lipinski definition) is 2. The fraction of sp³-hybridized carbons (Fsp3) is 0.529. The van der Waals surface area contributed by atoms with Gasteiger partial charge in [0.1, 0.15) is 5.60 Å². The molecule has 6 nitrogen and oxygen atoms in total. The van der Waals surface area contributed by atoms with Crippen LogP contribution in [0, 0.1) is 0 Å². The molecule has 25 heavy (non-hydrogen) atoms. The Labute approximate surface area is 149 Å². The van der Waals surface area contributed by atoms with Crippen molar-refractivity contribution in [2.75, 3.05) is 0 Å². The molecule has 0 spiro atoms. The van der Waals surface area contributed by atoms with E-state index in [1.165, 1.54) is 0 Å². The van der Waals surface area contributed by atoms with Crippen molar-refractivity contribution >= 4 is 22.6 Å². The van der Waals surface area contributed by atoms with E-state index >= 15 is 0 Å². The van der Waals surface area contributed by atoms with Gasteiger partial charge in [-0.05, 0) is 57.1 Å². The van der Waals surface area contributed by atoms with Crippen molar-refractivity contribution in [2.45, 2.75) is 62.2 Å². The van der Waals surface area contributed by atoms with Crippen LogP contribution in [0.2, 0.25) is 0 Å². The molecule has 1 aromatic carbocycles. The Hall–Kier alpha value is -1.35. The molecular formula is C17H24BNO5S. The summed E-state index contributed by atoms with van der Waals surface area (Å²) in [5, 5.41) is 9.53. The van der Waals surface area contributed by atoms with E-state index in [0.29, 0.717) is 31.4 Å². The zero-order chi connectivity index (χ0) is 18.2. The van der Waals surface area contributed by atoms with Crippen LogP contribution in [-0.4, -0.2) is 38.4 Å². The SMILES string of the molecule is C=C1OB(c2ccc(S(=O)(=O)NC3CCC(O)CC3)cc2)OC1(C)C. The number of hydrogen-bond acceptors (Lipinski definition) is 5. The van der Waals surface area contributed by atoms with Gasteiger partial charge in [0.2, 0.25) is 10.0 Å². The van der Waals surface area contributed by atoms with Crippen LogP contribution in [-0.2, 0) is 19.3 Å². The summed E-state index contributed by atoms with van der Waals surface area (Å²) in [5.41, 5.74) is 0.175. The third-order valence-corrected chi connectivity index (χ3v) is 6.34. The summed E-state index contributed by atoms with van der Waals surface area (Å²) >= 11 is 0. The number of rotatable bonds is 4. The van der Waals surface area contributed by atoms with Crippen LogP contribution in [0.25, 0.3) is 0 Å². The smallest absolute Gasteiger partial charge is 0.534 e. The molecule has 0 bridgehead atoms. The molecule has 1 saturated carbocycles. The molecule has 0 radical (unpaired) electrons. The van der Waals surface area contributed by atoms with Crippen molar-refractivity contribution < 1.29 is 22.8 Å². The van der Waals surface area contributed by atoms with E-state index in [9.17, 15) is 13.5 Å². The molecule has 1 saturated heterocycles. The van der Waals surface area contributed by atoms with Gasteiger partial charge in [-0.15, -0.1) is 0 Å². The van der Waals surface area contributed by atoms with E-state index in [0.717, 1.165) is 5.46 Å². The topological polar surface area (TPSA) is 84.9 Å². The first-order valence-electron chi connectivity index (χ1n) is 8.51. The Morgan fingerprint density at radius 1 is 1.20 bits per heavy atom.